The molecule has 3 aromatic rings. The zero-order valence-corrected chi connectivity index (χ0v) is 20.6. The summed E-state index contributed by atoms with van der Waals surface area (Å²) in [4.78, 5) is 30.1. The van der Waals surface area contributed by atoms with E-state index in [4.69, 9.17) is 23.2 Å². The van der Waals surface area contributed by atoms with Crippen LogP contribution in [-0.2, 0) is 37.3 Å². The van der Waals surface area contributed by atoms with Gasteiger partial charge in [-0.3, -0.25) is 9.59 Å². The van der Waals surface area contributed by atoms with Crippen LogP contribution < -0.4 is 16.2 Å². The van der Waals surface area contributed by atoms with Crippen LogP contribution in [0.25, 0.3) is 0 Å². The van der Waals surface area contributed by atoms with Crippen molar-refractivity contribution in [1.82, 2.24) is 20.2 Å². The zero-order valence-electron chi connectivity index (χ0n) is 18.3. The van der Waals surface area contributed by atoms with E-state index in [1.165, 1.54) is 11.3 Å². The van der Waals surface area contributed by atoms with Crippen LogP contribution in [-0.4, -0.2) is 22.5 Å². The molecule has 0 aliphatic heterocycles. The fourth-order valence-corrected chi connectivity index (χ4v) is 4.82. The summed E-state index contributed by atoms with van der Waals surface area (Å²) in [5.41, 5.74) is 3.92. The molecule has 0 aliphatic carbocycles. The van der Waals surface area contributed by atoms with Crippen molar-refractivity contribution in [2.45, 2.75) is 46.3 Å². The summed E-state index contributed by atoms with van der Waals surface area (Å²) in [6, 6.07) is 7.48. The van der Waals surface area contributed by atoms with Gasteiger partial charge in [0.1, 0.15) is 4.34 Å². The first kappa shape index (κ1) is 24.5. The average Bonchev–Trinajstić information content (AvgIpc) is 3.07. The Bertz CT molecular complexity index is 1170. The van der Waals surface area contributed by atoms with E-state index in [0.717, 1.165) is 27.4 Å². The Morgan fingerprint density at radius 3 is 2.62 bits per heavy atom. The van der Waals surface area contributed by atoms with Gasteiger partial charge >= 0.3 is 0 Å². The summed E-state index contributed by atoms with van der Waals surface area (Å²) in [7, 11) is 1.86. The highest BCUT2D eigenvalue weighted by Gasteiger charge is 2.14. The van der Waals surface area contributed by atoms with Crippen molar-refractivity contribution in [3.8, 4) is 0 Å². The summed E-state index contributed by atoms with van der Waals surface area (Å²) in [5.74, 6) is -0.212. The molecule has 9 heteroatoms. The Kier molecular flexibility index (Phi) is 8.48. The fourth-order valence-electron chi connectivity index (χ4n) is 3.47. The maximum Gasteiger partial charge on any atom is 0.254 e. The Morgan fingerprint density at radius 1 is 1.16 bits per heavy atom. The lowest BCUT2D eigenvalue weighted by molar-refractivity contribution is -0.120. The molecule has 0 radical (unpaired) electrons. The first-order valence-electron chi connectivity index (χ1n) is 10.3. The van der Waals surface area contributed by atoms with Crippen molar-refractivity contribution in [2.24, 2.45) is 0 Å². The topological polar surface area (TPSA) is 76.0 Å². The van der Waals surface area contributed by atoms with Gasteiger partial charge in [-0.1, -0.05) is 29.3 Å². The van der Waals surface area contributed by atoms with E-state index in [9.17, 15) is 9.59 Å². The Hall–Kier alpha value is -2.19. The van der Waals surface area contributed by atoms with Gasteiger partial charge in [0, 0.05) is 42.8 Å². The number of carbonyl (C=O) groups excluding carboxylic acids is 1. The van der Waals surface area contributed by atoms with Gasteiger partial charge < -0.3 is 15.2 Å². The van der Waals surface area contributed by atoms with E-state index in [1.54, 1.807) is 10.8 Å². The highest BCUT2D eigenvalue weighted by molar-refractivity contribution is 7.15. The molecule has 0 fully saturated rings. The number of hydrogen-bond donors (Lipinski definition) is 2. The van der Waals surface area contributed by atoms with Crippen LogP contribution in [0.2, 0.25) is 9.36 Å². The van der Waals surface area contributed by atoms with Crippen LogP contribution in [0.15, 0.2) is 35.3 Å². The first-order chi connectivity index (χ1) is 15.3. The monoisotopic (exact) mass is 492 g/mol. The standard InChI is InChI=1S/C23H26Cl2N4O2S/c1-14-6-8-29(9-7-20-22(25)32-15(2)28-20)23(31)19(14)11-21(30)27-13-17-10-18(24)5-4-16(17)12-26-3/h4-6,8,10,26H,7,9,11-13H2,1-3H3,(H,27,30). The number of nitrogens with zero attached hydrogens (tertiary/aromatic N) is 2. The molecule has 0 saturated heterocycles. The number of pyridine rings is 1. The third kappa shape index (κ3) is 6.19. The number of aryl methyl sites for hydroxylation is 4. The Balaban J connectivity index is 1.68. The lowest BCUT2D eigenvalue weighted by Gasteiger charge is -2.13. The van der Waals surface area contributed by atoms with E-state index in [-0.39, 0.29) is 17.9 Å². The van der Waals surface area contributed by atoms with Crippen molar-refractivity contribution in [2.75, 3.05) is 7.05 Å². The SMILES string of the molecule is CNCc1ccc(Cl)cc1CNC(=O)Cc1c(C)ccn(CCc2nc(C)sc2Cl)c1=O. The molecule has 3 rings (SSSR count). The molecule has 0 atom stereocenters. The third-order valence-corrected chi connectivity index (χ3v) is 6.68. The highest BCUT2D eigenvalue weighted by Crippen LogP contribution is 2.24. The number of nitrogens with one attached hydrogen (secondary N) is 2. The highest BCUT2D eigenvalue weighted by atomic mass is 35.5. The van der Waals surface area contributed by atoms with E-state index in [2.05, 4.69) is 15.6 Å². The minimum absolute atomic E-state index is 0.0179. The number of carbonyl (C=O) groups is 1. The second kappa shape index (κ2) is 11.1. The molecule has 0 spiro atoms. The molecule has 2 aromatic heterocycles. The largest absolute Gasteiger partial charge is 0.352 e. The van der Waals surface area contributed by atoms with Crippen LogP contribution in [0, 0.1) is 13.8 Å². The van der Waals surface area contributed by atoms with Crippen LogP contribution in [0.4, 0.5) is 0 Å². The van der Waals surface area contributed by atoms with Crippen LogP contribution >= 0.6 is 34.5 Å². The van der Waals surface area contributed by atoms with Gasteiger partial charge in [-0.15, -0.1) is 11.3 Å². The third-order valence-electron chi connectivity index (χ3n) is 5.19. The molecule has 0 unspecified atom stereocenters. The second-order valence-electron chi connectivity index (χ2n) is 7.58. The van der Waals surface area contributed by atoms with Crippen molar-refractivity contribution in [3.05, 3.63) is 83.1 Å². The lowest BCUT2D eigenvalue weighted by atomic mass is 10.1. The van der Waals surface area contributed by atoms with E-state index in [1.807, 2.05) is 45.2 Å². The van der Waals surface area contributed by atoms with Crippen LogP contribution in [0.3, 0.4) is 0 Å². The van der Waals surface area contributed by atoms with Gasteiger partial charge in [0.2, 0.25) is 5.91 Å². The lowest BCUT2D eigenvalue weighted by Crippen LogP contribution is -2.31. The Morgan fingerprint density at radius 2 is 1.94 bits per heavy atom. The molecule has 1 amide bonds. The number of aromatic nitrogens is 2. The average molecular weight is 493 g/mol. The van der Waals surface area contributed by atoms with Crippen LogP contribution in [0.1, 0.15) is 33.0 Å². The minimum atomic E-state index is -0.212. The molecule has 1 aromatic carbocycles. The molecule has 32 heavy (non-hydrogen) atoms. The summed E-state index contributed by atoms with van der Waals surface area (Å²) in [5, 5.41) is 7.54. The molecule has 170 valence electrons. The number of hydrogen-bond acceptors (Lipinski definition) is 5. The molecule has 0 aliphatic rings. The number of thiazole rings is 1. The zero-order chi connectivity index (χ0) is 23.3. The molecule has 0 bridgehead atoms. The number of amides is 1. The Labute approximate surface area is 201 Å². The van der Waals surface area contributed by atoms with E-state index >= 15 is 0 Å². The van der Waals surface area contributed by atoms with Crippen molar-refractivity contribution in [1.29, 1.82) is 0 Å². The maximum atomic E-state index is 13.0. The van der Waals surface area contributed by atoms with E-state index < -0.39 is 0 Å². The smallest absolute Gasteiger partial charge is 0.254 e. The molecule has 2 heterocycles. The van der Waals surface area contributed by atoms with Gasteiger partial charge in [0.05, 0.1) is 17.1 Å². The van der Waals surface area contributed by atoms with Gasteiger partial charge in [-0.25, -0.2) is 4.98 Å². The second-order valence-corrected chi connectivity index (χ2v) is 9.82. The maximum absolute atomic E-state index is 13.0. The fraction of sp³-hybridized carbons (Fsp3) is 0.348. The minimum Gasteiger partial charge on any atom is -0.352 e. The predicted molar refractivity (Wildman–Crippen MR) is 131 cm³/mol. The summed E-state index contributed by atoms with van der Waals surface area (Å²) >= 11 is 13.8. The molecule has 6 nitrogen and oxygen atoms in total. The first-order valence-corrected chi connectivity index (χ1v) is 11.8. The van der Waals surface area contributed by atoms with Gasteiger partial charge in [0.25, 0.3) is 5.56 Å². The predicted octanol–water partition coefficient (Wildman–Crippen LogP) is 4.05. The molecule has 2 N–H and O–H groups in total. The van der Waals surface area contributed by atoms with Gasteiger partial charge in [0.15, 0.2) is 0 Å². The molecular weight excluding hydrogens is 467 g/mol. The van der Waals surface area contributed by atoms with Gasteiger partial charge in [-0.05, 0) is 55.8 Å². The number of rotatable bonds is 9. The normalized spacial score (nSPS) is 11.0. The van der Waals surface area contributed by atoms with Crippen molar-refractivity contribution < 1.29 is 4.79 Å². The van der Waals surface area contributed by atoms with Gasteiger partial charge in [-0.2, -0.15) is 0 Å². The molecule has 0 saturated carbocycles. The number of halogens is 2. The van der Waals surface area contributed by atoms with Crippen molar-refractivity contribution in [3.63, 3.8) is 0 Å². The summed E-state index contributed by atoms with van der Waals surface area (Å²) < 4.78 is 2.27. The number of benzene rings is 1. The van der Waals surface area contributed by atoms with E-state index in [0.29, 0.717) is 41.0 Å². The summed E-state index contributed by atoms with van der Waals surface area (Å²) in [6.45, 7) is 5.22. The summed E-state index contributed by atoms with van der Waals surface area (Å²) in [6.07, 6.45) is 2.33. The van der Waals surface area contributed by atoms with Crippen LogP contribution in [0.5, 0.6) is 0 Å². The molecular formula is C23H26Cl2N4O2S. The van der Waals surface area contributed by atoms with Crippen molar-refractivity contribution >= 4 is 40.4 Å². The quantitative estimate of drug-likeness (QED) is 0.472.